The van der Waals surface area contributed by atoms with Gasteiger partial charge in [0.05, 0.1) is 0 Å². The highest BCUT2D eigenvalue weighted by Crippen LogP contribution is 2.18. The number of hydrogen-bond donors (Lipinski definition) is 1. The summed E-state index contributed by atoms with van der Waals surface area (Å²) in [5, 5.41) is 4.76. The van der Waals surface area contributed by atoms with Crippen molar-refractivity contribution >= 4 is 16.7 Å². The van der Waals surface area contributed by atoms with Crippen LogP contribution in [-0.4, -0.2) is 12.5 Å². The average molecular weight is 198 g/mol. The second kappa shape index (κ2) is 4.13. The minimum absolute atomic E-state index is 0.0678. The number of carbonyl (C=O) groups is 1. The Balaban J connectivity index is 2.56. The van der Waals surface area contributed by atoms with Crippen LogP contribution in [-0.2, 0) is 0 Å². The van der Waals surface area contributed by atoms with Gasteiger partial charge in [-0.2, -0.15) is 0 Å². The summed E-state index contributed by atoms with van der Waals surface area (Å²) in [7, 11) is 0. The van der Waals surface area contributed by atoms with Crippen LogP contribution in [0.3, 0.4) is 0 Å². The lowest BCUT2D eigenvalue weighted by molar-refractivity contribution is 0.0959. The van der Waals surface area contributed by atoms with Crippen molar-refractivity contribution in [3.63, 3.8) is 0 Å². The number of rotatable bonds is 2. The molecular weight excluding hydrogens is 186 g/mol. The van der Waals surface area contributed by atoms with Crippen LogP contribution in [0.1, 0.15) is 10.4 Å². The molecule has 0 saturated heterocycles. The molecule has 0 aliphatic rings. The fourth-order valence-corrected chi connectivity index (χ4v) is 1.63. The molecule has 0 heterocycles. The summed E-state index contributed by atoms with van der Waals surface area (Å²) in [5.41, 5.74) is 0.705. The summed E-state index contributed by atoms with van der Waals surface area (Å²) in [6, 6.07) is 13.6. The molecule has 2 aromatic carbocycles. The third-order valence-corrected chi connectivity index (χ3v) is 2.32. The van der Waals surface area contributed by atoms with Crippen molar-refractivity contribution in [1.82, 2.24) is 5.32 Å². The molecule has 0 aliphatic heterocycles. The molecule has 0 aromatic heterocycles. The fraction of sp³-hybridized carbons (Fsp3) is 0.0769. The van der Waals surface area contributed by atoms with Crippen molar-refractivity contribution in [3.8, 4) is 0 Å². The Morgan fingerprint density at radius 1 is 1.13 bits per heavy atom. The van der Waals surface area contributed by atoms with Gasteiger partial charge in [-0.3, -0.25) is 4.79 Å². The van der Waals surface area contributed by atoms with Gasteiger partial charge in [-0.25, -0.2) is 0 Å². The molecule has 1 amide bonds. The van der Waals surface area contributed by atoms with Crippen LogP contribution in [0.2, 0.25) is 0 Å². The lowest BCUT2D eigenvalue weighted by Gasteiger charge is -2.05. The standard InChI is InChI=1S/C13H12NO/c1-2-14-13(15)12-9-5-7-10-6-3-4-8-11(10)12/h3-9H,1-2H2,(H,14,15). The van der Waals surface area contributed by atoms with E-state index in [1.165, 1.54) is 0 Å². The molecule has 2 rings (SSSR count). The molecule has 0 aliphatic carbocycles. The lowest BCUT2D eigenvalue weighted by atomic mass is 10.0. The number of benzene rings is 2. The Bertz CT molecular complexity index is 485. The maximum absolute atomic E-state index is 11.7. The maximum Gasteiger partial charge on any atom is 0.251 e. The number of amides is 1. The van der Waals surface area contributed by atoms with E-state index in [2.05, 4.69) is 12.2 Å². The Morgan fingerprint density at radius 2 is 1.87 bits per heavy atom. The largest absolute Gasteiger partial charge is 0.352 e. The zero-order valence-electron chi connectivity index (χ0n) is 8.36. The van der Waals surface area contributed by atoms with Crippen LogP contribution >= 0.6 is 0 Å². The number of carbonyl (C=O) groups excluding carboxylic acids is 1. The van der Waals surface area contributed by atoms with Gasteiger partial charge in [0.1, 0.15) is 0 Å². The number of hydrogen-bond acceptors (Lipinski definition) is 1. The molecule has 0 unspecified atom stereocenters. The van der Waals surface area contributed by atoms with Gasteiger partial charge in [0.2, 0.25) is 0 Å². The Hall–Kier alpha value is -1.83. The first-order chi connectivity index (χ1) is 7.33. The van der Waals surface area contributed by atoms with Crippen molar-refractivity contribution in [3.05, 3.63) is 55.0 Å². The molecule has 2 heteroatoms. The molecule has 1 N–H and O–H groups in total. The number of fused-ring (bicyclic) bond motifs is 1. The van der Waals surface area contributed by atoms with E-state index in [0.717, 1.165) is 10.8 Å². The highest BCUT2D eigenvalue weighted by Gasteiger charge is 2.07. The summed E-state index contributed by atoms with van der Waals surface area (Å²) >= 11 is 0. The molecule has 2 nitrogen and oxygen atoms in total. The molecule has 0 bridgehead atoms. The summed E-state index contributed by atoms with van der Waals surface area (Å²) in [5.74, 6) is -0.0678. The predicted octanol–water partition coefficient (Wildman–Crippen LogP) is 2.40. The van der Waals surface area contributed by atoms with Crippen LogP contribution in [0.15, 0.2) is 42.5 Å². The van der Waals surface area contributed by atoms with Gasteiger partial charge in [-0.05, 0) is 23.8 Å². The quantitative estimate of drug-likeness (QED) is 0.788. The first kappa shape index (κ1) is 9.71. The minimum Gasteiger partial charge on any atom is -0.352 e. The maximum atomic E-state index is 11.7. The van der Waals surface area contributed by atoms with Gasteiger partial charge >= 0.3 is 0 Å². The van der Waals surface area contributed by atoms with Crippen molar-refractivity contribution in [1.29, 1.82) is 0 Å². The van der Waals surface area contributed by atoms with E-state index in [1.54, 1.807) is 0 Å². The van der Waals surface area contributed by atoms with E-state index in [4.69, 9.17) is 0 Å². The van der Waals surface area contributed by atoms with E-state index in [-0.39, 0.29) is 5.91 Å². The summed E-state index contributed by atoms with van der Waals surface area (Å²) < 4.78 is 0. The topological polar surface area (TPSA) is 29.1 Å². The van der Waals surface area contributed by atoms with Gasteiger partial charge in [-0.1, -0.05) is 36.4 Å². The third kappa shape index (κ3) is 1.84. The Kier molecular flexibility index (Phi) is 2.68. The highest BCUT2D eigenvalue weighted by atomic mass is 16.1. The summed E-state index contributed by atoms with van der Waals surface area (Å²) in [4.78, 5) is 11.7. The van der Waals surface area contributed by atoms with Crippen LogP contribution in [0, 0.1) is 6.92 Å². The monoisotopic (exact) mass is 198 g/mol. The van der Waals surface area contributed by atoms with E-state index in [0.29, 0.717) is 12.1 Å². The van der Waals surface area contributed by atoms with E-state index in [9.17, 15) is 4.79 Å². The molecule has 0 fully saturated rings. The molecular formula is C13H12NO. The van der Waals surface area contributed by atoms with Gasteiger partial charge in [-0.15, -0.1) is 0 Å². The van der Waals surface area contributed by atoms with Gasteiger partial charge in [0.15, 0.2) is 0 Å². The minimum atomic E-state index is -0.0678. The average Bonchev–Trinajstić information content (AvgIpc) is 2.28. The predicted molar refractivity (Wildman–Crippen MR) is 61.6 cm³/mol. The van der Waals surface area contributed by atoms with E-state index in [1.807, 2.05) is 42.5 Å². The van der Waals surface area contributed by atoms with Crippen molar-refractivity contribution in [2.45, 2.75) is 0 Å². The second-order valence-electron chi connectivity index (χ2n) is 3.28. The van der Waals surface area contributed by atoms with Crippen LogP contribution in [0.25, 0.3) is 10.8 Å². The first-order valence-electron chi connectivity index (χ1n) is 4.88. The van der Waals surface area contributed by atoms with Crippen molar-refractivity contribution in [2.75, 3.05) is 6.54 Å². The lowest BCUT2D eigenvalue weighted by Crippen LogP contribution is -2.22. The fourth-order valence-electron chi connectivity index (χ4n) is 1.63. The van der Waals surface area contributed by atoms with E-state index < -0.39 is 0 Å². The van der Waals surface area contributed by atoms with Gasteiger partial charge in [0.25, 0.3) is 5.91 Å². The zero-order chi connectivity index (χ0) is 10.7. The third-order valence-electron chi connectivity index (χ3n) is 2.32. The van der Waals surface area contributed by atoms with Crippen LogP contribution in [0.4, 0.5) is 0 Å². The normalized spacial score (nSPS) is 10.2. The molecule has 2 aromatic rings. The van der Waals surface area contributed by atoms with E-state index >= 15 is 0 Å². The first-order valence-corrected chi connectivity index (χ1v) is 4.88. The van der Waals surface area contributed by atoms with Gasteiger partial charge < -0.3 is 5.32 Å². The summed E-state index contributed by atoms with van der Waals surface area (Å²) in [6.07, 6.45) is 0. The van der Waals surface area contributed by atoms with Crippen molar-refractivity contribution < 1.29 is 4.79 Å². The summed E-state index contributed by atoms with van der Waals surface area (Å²) in [6.45, 7) is 4.00. The van der Waals surface area contributed by atoms with Crippen LogP contribution < -0.4 is 5.32 Å². The Morgan fingerprint density at radius 3 is 2.67 bits per heavy atom. The molecule has 0 saturated carbocycles. The molecule has 1 radical (unpaired) electrons. The SMILES string of the molecule is [CH2]CNC(=O)c1cccc2ccccc12. The molecule has 0 atom stereocenters. The zero-order valence-corrected chi connectivity index (χ0v) is 8.36. The molecule has 15 heavy (non-hydrogen) atoms. The Labute approximate surface area is 88.9 Å². The van der Waals surface area contributed by atoms with Crippen molar-refractivity contribution in [2.24, 2.45) is 0 Å². The van der Waals surface area contributed by atoms with Gasteiger partial charge in [0, 0.05) is 12.1 Å². The smallest absolute Gasteiger partial charge is 0.251 e. The highest BCUT2D eigenvalue weighted by molar-refractivity contribution is 6.06. The second-order valence-corrected chi connectivity index (χ2v) is 3.28. The molecule has 0 spiro atoms. The molecule has 75 valence electrons. The van der Waals surface area contributed by atoms with Crippen LogP contribution in [0.5, 0.6) is 0 Å². The number of nitrogens with one attached hydrogen (secondary N) is 1.